The van der Waals surface area contributed by atoms with Crippen LogP contribution in [0.1, 0.15) is 53.3 Å². The van der Waals surface area contributed by atoms with Crippen molar-refractivity contribution < 1.29 is 14.3 Å². The zero-order valence-electron chi connectivity index (χ0n) is 20.2. The van der Waals surface area contributed by atoms with Gasteiger partial charge >= 0.3 is 5.97 Å². The van der Waals surface area contributed by atoms with E-state index in [0.29, 0.717) is 24.4 Å². The minimum absolute atomic E-state index is 0.0102. The van der Waals surface area contributed by atoms with Gasteiger partial charge in [-0.2, -0.15) is 0 Å². The summed E-state index contributed by atoms with van der Waals surface area (Å²) in [5.74, 6) is 0.246. The van der Waals surface area contributed by atoms with Crippen molar-refractivity contribution in [2.24, 2.45) is 17.6 Å². The van der Waals surface area contributed by atoms with E-state index in [1.807, 2.05) is 48.5 Å². The highest BCUT2D eigenvalue weighted by Gasteiger charge is 2.28. The van der Waals surface area contributed by atoms with Gasteiger partial charge in [-0.25, -0.2) is 4.79 Å². The standard InChI is InChI=1S/C29H33N3O3/c1-35-29(34)25-9-5-8-23(17-25)24-14-15-31-26(18-24)27(16-20-6-3-2-4-7-20)32-28(33)22-12-10-21(19-30)11-13-22/h2-9,14-15,17-18,21-22,27H,10-13,16,19,30H2,1H3,(H,32,33). The van der Waals surface area contributed by atoms with E-state index in [9.17, 15) is 9.59 Å². The van der Waals surface area contributed by atoms with Gasteiger partial charge in [-0.3, -0.25) is 9.78 Å². The average Bonchev–Trinajstić information content (AvgIpc) is 2.93. The first-order valence-electron chi connectivity index (χ1n) is 12.3. The smallest absolute Gasteiger partial charge is 0.337 e. The molecule has 1 atom stereocenters. The number of methoxy groups -OCH3 is 1. The fourth-order valence-corrected chi connectivity index (χ4v) is 4.79. The quantitative estimate of drug-likeness (QED) is 0.465. The maximum absolute atomic E-state index is 13.3. The number of amides is 1. The highest BCUT2D eigenvalue weighted by molar-refractivity contribution is 5.91. The Labute approximate surface area is 206 Å². The van der Waals surface area contributed by atoms with Crippen LogP contribution in [0.5, 0.6) is 0 Å². The van der Waals surface area contributed by atoms with E-state index >= 15 is 0 Å². The Bertz CT molecular complexity index is 1140. The molecule has 0 aliphatic heterocycles. The van der Waals surface area contributed by atoms with Gasteiger partial charge in [0.25, 0.3) is 0 Å². The topological polar surface area (TPSA) is 94.3 Å². The third-order valence-electron chi connectivity index (χ3n) is 6.91. The fourth-order valence-electron chi connectivity index (χ4n) is 4.79. The van der Waals surface area contributed by atoms with Gasteiger partial charge in [0, 0.05) is 12.1 Å². The van der Waals surface area contributed by atoms with Gasteiger partial charge in [0.15, 0.2) is 0 Å². The van der Waals surface area contributed by atoms with E-state index in [4.69, 9.17) is 10.5 Å². The Hall–Kier alpha value is -3.51. The number of benzene rings is 2. The van der Waals surface area contributed by atoms with Crippen molar-refractivity contribution in [3.8, 4) is 11.1 Å². The van der Waals surface area contributed by atoms with Crippen LogP contribution in [-0.4, -0.2) is 30.5 Å². The molecule has 3 N–H and O–H groups in total. The second kappa shape index (κ2) is 11.8. The lowest BCUT2D eigenvalue weighted by atomic mass is 9.81. The van der Waals surface area contributed by atoms with Crippen molar-refractivity contribution in [3.05, 3.63) is 89.7 Å². The molecule has 0 saturated heterocycles. The van der Waals surface area contributed by atoms with Gasteiger partial charge in [-0.15, -0.1) is 0 Å². The number of hydrogen-bond acceptors (Lipinski definition) is 5. The van der Waals surface area contributed by atoms with E-state index in [1.54, 1.807) is 12.3 Å². The number of hydrogen-bond donors (Lipinski definition) is 2. The Morgan fingerprint density at radius 1 is 1.00 bits per heavy atom. The molecule has 1 unspecified atom stereocenters. The molecule has 0 bridgehead atoms. The molecule has 3 aromatic rings. The number of nitrogens with one attached hydrogen (secondary N) is 1. The van der Waals surface area contributed by atoms with Crippen molar-refractivity contribution in [3.63, 3.8) is 0 Å². The van der Waals surface area contributed by atoms with Crippen LogP contribution in [0.3, 0.4) is 0 Å². The molecule has 1 saturated carbocycles. The molecular formula is C29H33N3O3. The Kier molecular flexibility index (Phi) is 8.27. The van der Waals surface area contributed by atoms with Crippen molar-refractivity contribution >= 4 is 11.9 Å². The number of nitrogens with zero attached hydrogens (tertiary/aromatic N) is 1. The van der Waals surface area contributed by atoms with Crippen molar-refractivity contribution in [1.82, 2.24) is 10.3 Å². The Balaban J connectivity index is 1.59. The van der Waals surface area contributed by atoms with Gasteiger partial charge in [0.1, 0.15) is 0 Å². The molecule has 35 heavy (non-hydrogen) atoms. The Morgan fingerprint density at radius 3 is 2.46 bits per heavy atom. The molecule has 1 aliphatic carbocycles. The van der Waals surface area contributed by atoms with Crippen LogP contribution in [0.2, 0.25) is 0 Å². The van der Waals surface area contributed by atoms with E-state index in [1.165, 1.54) is 7.11 Å². The largest absolute Gasteiger partial charge is 0.465 e. The number of nitrogens with two attached hydrogens (primary N) is 1. The van der Waals surface area contributed by atoms with Crippen LogP contribution in [0, 0.1) is 11.8 Å². The van der Waals surface area contributed by atoms with E-state index in [0.717, 1.165) is 48.1 Å². The molecule has 6 nitrogen and oxygen atoms in total. The number of aromatic nitrogens is 1. The lowest BCUT2D eigenvalue weighted by Crippen LogP contribution is -2.37. The summed E-state index contributed by atoms with van der Waals surface area (Å²) in [6.07, 6.45) is 6.15. The third kappa shape index (κ3) is 6.34. The first kappa shape index (κ1) is 24.6. The normalized spacial score (nSPS) is 18.5. The SMILES string of the molecule is COC(=O)c1cccc(-c2ccnc(C(Cc3ccccc3)NC(=O)C3CCC(CN)CC3)c2)c1. The van der Waals surface area contributed by atoms with Crippen LogP contribution < -0.4 is 11.1 Å². The molecule has 2 aromatic carbocycles. The fraction of sp³-hybridized carbons (Fsp3) is 0.345. The highest BCUT2D eigenvalue weighted by atomic mass is 16.5. The zero-order valence-corrected chi connectivity index (χ0v) is 20.2. The summed E-state index contributed by atoms with van der Waals surface area (Å²) >= 11 is 0. The van der Waals surface area contributed by atoms with Crippen LogP contribution in [0.25, 0.3) is 11.1 Å². The minimum atomic E-state index is -0.375. The molecule has 182 valence electrons. The van der Waals surface area contributed by atoms with Crippen LogP contribution in [-0.2, 0) is 16.0 Å². The second-order valence-electron chi connectivity index (χ2n) is 9.25. The maximum Gasteiger partial charge on any atom is 0.337 e. The second-order valence-corrected chi connectivity index (χ2v) is 9.25. The summed E-state index contributed by atoms with van der Waals surface area (Å²) in [7, 11) is 1.37. The summed E-state index contributed by atoms with van der Waals surface area (Å²) in [5.41, 5.74) is 10.1. The van der Waals surface area contributed by atoms with Crippen molar-refractivity contribution in [2.45, 2.75) is 38.1 Å². The van der Waals surface area contributed by atoms with E-state index < -0.39 is 0 Å². The van der Waals surface area contributed by atoms with Gasteiger partial charge < -0.3 is 15.8 Å². The van der Waals surface area contributed by atoms with Crippen molar-refractivity contribution in [2.75, 3.05) is 13.7 Å². The number of rotatable bonds is 8. The van der Waals surface area contributed by atoms with E-state index in [-0.39, 0.29) is 23.8 Å². The molecule has 0 radical (unpaired) electrons. The molecule has 4 rings (SSSR count). The molecule has 6 heteroatoms. The third-order valence-corrected chi connectivity index (χ3v) is 6.91. The lowest BCUT2D eigenvalue weighted by molar-refractivity contribution is -0.127. The minimum Gasteiger partial charge on any atom is -0.465 e. The first-order chi connectivity index (χ1) is 17.1. The van der Waals surface area contributed by atoms with Gasteiger partial charge in [-0.1, -0.05) is 42.5 Å². The molecule has 1 amide bonds. The lowest BCUT2D eigenvalue weighted by Gasteiger charge is -2.28. The van der Waals surface area contributed by atoms with E-state index in [2.05, 4.69) is 22.4 Å². The summed E-state index contributed by atoms with van der Waals surface area (Å²) in [6.45, 7) is 0.693. The predicted octanol–water partition coefficient (Wildman–Crippen LogP) is 4.70. The summed E-state index contributed by atoms with van der Waals surface area (Å²) in [5, 5.41) is 3.29. The molecular weight excluding hydrogens is 438 g/mol. The highest BCUT2D eigenvalue weighted by Crippen LogP contribution is 2.30. The molecule has 1 heterocycles. The van der Waals surface area contributed by atoms with Crippen molar-refractivity contribution in [1.29, 1.82) is 0 Å². The molecule has 1 fully saturated rings. The molecule has 1 aliphatic rings. The average molecular weight is 472 g/mol. The number of carbonyl (C=O) groups is 2. The predicted molar refractivity (Wildman–Crippen MR) is 137 cm³/mol. The number of ether oxygens (including phenoxy) is 1. The summed E-state index contributed by atoms with van der Waals surface area (Å²) in [6, 6.07) is 21.1. The van der Waals surface area contributed by atoms with Crippen LogP contribution in [0.4, 0.5) is 0 Å². The monoisotopic (exact) mass is 471 g/mol. The number of carbonyl (C=O) groups excluding carboxylic acids is 2. The van der Waals surface area contributed by atoms with Crippen LogP contribution >= 0.6 is 0 Å². The number of esters is 1. The van der Waals surface area contributed by atoms with Gasteiger partial charge in [-0.05, 0) is 85.5 Å². The summed E-state index contributed by atoms with van der Waals surface area (Å²) in [4.78, 5) is 29.9. The first-order valence-corrected chi connectivity index (χ1v) is 12.3. The Morgan fingerprint density at radius 2 is 1.74 bits per heavy atom. The van der Waals surface area contributed by atoms with Crippen LogP contribution in [0.15, 0.2) is 72.9 Å². The summed E-state index contributed by atoms with van der Waals surface area (Å²) < 4.78 is 4.86. The maximum atomic E-state index is 13.3. The van der Waals surface area contributed by atoms with Gasteiger partial charge in [0.2, 0.25) is 5.91 Å². The molecule has 0 spiro atoms. The zero-order chi connectivity index (χ0) is 24.6. The number of pyridine rings is 1. The molecule has 1 aromatic heterocycles. The van der Waals surface area contributed by atoms with Gasteiger partial charge in [0.05, 0.1) is 24.4 Å².